The number of thioether (sulfide) groups is 1. The van der Waals surface area contributed by atoms with Gasteiger partial charge in [-0.3, -0.25) is 9.59 Å². The highest BCUT2D eigenvalue weighted by molar-refractivity contribution is 7.98. The third-order valence-corrected chi connectivity index (χ3v) is 7.73. The van der Waals surface area contributed by atoms with Crippen molar-refractivity contribution in [3.8, 4) is 0 Å². The maximum Gasteiger partial charge on any atom is 0.289 e. The third kappa shape index (κ3) is 4.97. The van der Waals surface area contributed by atoms with Crippen molar-refractivity contribution in [2.45, 2.75) is 49.4 Å². The van der Waals surface area contributed by atoms with Crippen LogP contribution in [-0.2, 0) is 10.5 Å². The Kier molecular flexibility index (Phi) is 7.13. The fraction of sp³-hybridized carbons (Fsp3) is 0.462. The molecule has 0 aliphatic carbocycles. The lowest BCUT2D eigenvalue weighted by molar-refractivity contribution is -0.136. The van der Waals surface area contributed by atoms with Crippen LogP contribution in [0.5, 0.6) is 0 Å². The molecule has 2 aromatic heterocycles. The van der Waals surface area contributed by atoms with Gasteiger partial charge in [0.2, 0.25) is 5.91 Å². The molecule has 8 heteroatoms. The number of benzene rings is 1. The van der Waals surface area contributed by atoms with E-state index in [-0.39, 0.29) is 17.7 Å². The van der Waals surface area contributed by atoms with Crippen LogP contribution in [-0.4, -0.2) is 57.8 Å². The largest absolute Gasteiger partial charge is 0.451 e. The van der Waals surface area contributed by atoms with Gasteiger partial charge in [-0.1, -0.05) is 42.8 Å². The zero-order valence-electron chi connectivity index (χ0n) is 19.3. The number of rotatable bonds is 5. The molecule has 2 amide bonds. The number of amides is 2. The first-order valence-electron chi connectivity index (χ1n) is 12.2. The Morgan fingerprint density at radius 2 is 1.62 bits per heavy atom. The summed E-state index contributed by atoms with van der Waals surface area (Å²) in [5.74, 6) is 1.13. The predicted molar refractivity (Wildman–Crippen MR) is 131 cm³/mol. The molecule has 0 atom stereocenters. The number of hydrogen-bond donors (Lipinski definition) is 0. The van der Waals surface area contributed by atoms with Crippen LogP contribution in [0.4, 0.5) is 0 Å². The molecule has 178 valence electrons. The molecule has 5 rings (SSSR count). The number of para-hydroxylation sites is 1. The van der Waals surface area contributed by atoms with E-state index in [1.807, 2.05) is 29.2 Å². The van der Waals surface area contributed by atoms with E-state index in [1.54, 1.807) is 18.5 Å². The first-order chi connectivity index (χ1) is 16.7. The van der Waals surface area contributed by atoms with E-state index in [1.165, 1.54) is 24.6 Å². The van der Waals surface area contributed by atoms with Crippen molar-refractivity contribution >= 4 is 34.5 Å². The summed E-state index contributed by atoms with van der Waals surface area (Å²) in [5, 5.41) is 1.61. The summed E-state index contributed by atoms with van der Waals surface area (Å²) in [6.07, 6.45) is 9.48. The molecule has 34 heavy (non-hydrogen) atoms. The summed E-state index contributed by atoms with van der Waals surface area (Å²) in [4.78, 5) is 39.0. The van der Waals surface area contributed by atoms with Crippen molar-refractivity contribution in [2.24, 2.45) is 5.92 Å². The number of carbonyl (C=O) groups is 2. The van der Waals surface area contributed by atoms with Crippen molar-refractivity contribution in [1.82, 2.24) is 19.8 Å². The molecule has 0 saturated carbocycles. The fourth-order valence-electron chi connectivity index (χ4n) is 4.93. The molecule has 2 saturated heterocycles. The molecule has 1 aromatic carbocycles. The van der Waals surface area contributed by atoms with Gasteiger partial charge >= 0.3 is 0 Å². The van der Waals surface area contributed by atoms with Gasteiger partial charge in [-0.05, 0) is 37.8 Å². The third-order valence-electron chi connectivity index (χ3n) is 6.83. The molecule has 0 unspecified atom stereocenters. The monoisotopic (exact) mass is 478 g/mol. The zero-order chi connectivity index (χ0) is 23.3. The van der Waals surface area contributed by atoms with E-state index in [0.717, 1.165) is 36.9 Å². The number of fused-ring (bicyclic) bond motifs is 1. The van der Waals surface area contributed by atoms with Crippen LogP contribution in [0.2, 0.25) is 0 Å². The van der Waals surface area contributed by atoms with Crippen LogP contribution >= 0.6 is 11.8 Å². The molecule has 7 nitrogen and oxygen atoms in total. The molecular formula is C26H30N4O3S. The van der Waals surface area contributed by atoms with Crippen LogP contribution < -0.4 is 0 Å². The summed E-state index contributed by atoms with van der Waals surface area (Å²) in [6, 6.07) is 9.54. The lowest BCUT2D eigenvalue weighted by Crippen LogP contribution is -2.44. The van der Waals surface area contributed by atoms with Gasteiger partial charge < -0.3 is 14.2 Å². The molecule has 0 bridgehead atoms. The lowest BCUT2D eigenvalue weighted by Gasteiger charge is -2.33. The summed E-state index contributed by atoms with van der Waals surface area (Å²) in [6.45, 7) is 2.91. The van der Waals surface area contributed by atoms with Gasteiger partial charge in [-0.15, -0.1) is 0 Å². The Hall–Kier alpha value is -2.87. The van der Waals surface area contributed by atoms with Crippen molar-refractivity contribution < 1.29 is 14.0 Å². The lowest BCUT2D eigenvalue weighted by atomic mass is 9.94. The molecule has 0 radical (unpaired) electrons. The average molecular weight is 479 g/mol. The maximum absolute atomic E-state index is 13.5. The van der Waals surface area contributed by atoms with Crippen LogP contribution in [0.15, 0.2) is 52.3 Å². The van der Waals surface area contributed by atoms with Crippen LogP contribution in [0.1, 0.15) is 54.6 Å². The van der Waals surface area contributed by atoms with Crippen molar-refractivity contribution in [1.29, 1.82) is 0 Å². The van der Waals surface area contributed by atoms with Crippen molar-refractivity contribution in [3.63, 3.8) is 0 Å². The molecule has 2 aliphatic heterocycles. The van der Waals surface area contributed by atoms with E-state index in [2.05, 4.69) is 14.9 Å². The smallest absolute Gasteiger partial charge is 0.289 e. The number of nitrogens with zero attached hydrogens (tertiary/aromatic N) is 4. The number of piperidine rings is 1. The second kappa shape index (κ2) is 10.6. The number of likely N-dealkylation sites (tertiary alicyclic amines) is 2. The second-order valence-electron chi connectivity index (χ2n) is 9.03. The summed E-state index contributed by atoms with van der Waals surface area (Å²) >= 11 is 1.49. The Morgan fingerprint density at radius 1 is 0.912 bits per heavy atom. The first-order valence-corrected chi connectivity index (χ1v) is 13.2. The Balaban J connectivity index is 1.28. The van der Waals surface area contributed by atoms with Crippen molar-refractivity contribution in [3.05, 3.63) is 54.0 Å². The van der Waals surface area contributed by atoms with E-state index in [0.29, 0.717) is 48.2 Å². The van der Waals surface area contributed by atoms with E-state index in [4.69, 9.17) is 4.42 Å². The van der Waals surface area contributed by atoms with Gasteiger partial charge in [0.05, 0.1) is 0 Å². The molecule has 4 heterocycles. The molecule has 0 N–H and O–H groups in total. The first kappa shape index (κ1) is 22.9. The Bertz CT molecular complexity index is 1130. The normalized spacial score (nSPS) is 17.6. The summed E-state index contributed by atoms with van der Waals surface area (Å²) in [5.41, 5.74) is 1.59. The SMILES string of the molecule is O=C(c1oc2ccccc2c1CSc1ncccn1)N1CCC(C(=O)N2CCCCCC2)CC1. The van der Waals surface area contributed by atoms with E-state index < -0.39 is 0 Å². The maximum atomic E-state index is 13.5. The quantitative estimate of drug-likeness (QED) is 0.388. The highest BCUT2D eigenvalue weighted by Gasteiger charge is 2.33. The number of hydrogen-bond acceptors (Lipinski definition) is 6. The van der Waals surface area contributed by atoms with Crippen molar-refractivity contribution in [2.75, 3.05) is 26.2 Å². The highest BCUT2D eigenvalue weighted by Crippen LogP contribution is 2.32. The van der Waals surface area contributed by atoms with Gasteiger partial charge in [-0.2, -0.15) is 0 Å². The molecule has 0 spiro atoms. The summed E-state index contributed by atoms with van der Waals surface area (Å²) in [7, 11) is 0. The number of carbonyl (C=O) groups excluding carboxylic acids is 2. The van der Waals surface area contributed by atoms with E-state index >= 15 is 0 Å². The van der Waals surface area contributed by atoms with Gasteiger partial charge in [0.1, 0.15) is 5.58 Å². The minimum atomic E-state index is -0.0959. The zero-order valence-corrected chi connectivity index (χ0v) is 20.1. The minimum absolute atomic E-state index is 0.0167. The Morgan fingerprint density at radius 3 is 2.35 bits per heavy atom. The highest BCUT2D eigenvalue weighted by atomic mass is 32.2. The Labute approximate surface area is 203 Å². The fourth-order valence-corrected chi connectivity index (χ4v) is 5.76. The number of aromatic nitrogens is 2. The average Bonchev–Trinajstić information content (AvgIpc) is 3.04. The van der Waals surface area contributed by atoms with Gasteiger partial charge in [0, 0.05) is 61.2 Å². The van der Waals surface area contributed by atoms with Gasteiger partial charge in [0.25, 0.3) is 5.91 Å². The number of furan rings is 1. The van der Waals surface area contributed by atoms with Gasteiger partial charge in [0.15, 0.2) is 10.9 Å². The van der Waals surface area contributed by atoms with Crippen LogP contribution in [0, 0.1) is 5.92 Å². The van der Waals surface area contributed by atoms with Crippen LogP contribution in [0.3, 0.4) is 0 Å². The predicted octanol–water partition coefficient (Wildman–Crippen LogP) is 4.77. The molecule has 2 aliphatic rings. The minimum Gasteiger partial charge on any atom is -0.451 e. The summed E-state index contributed by atoms with van der Waals surface area (Å²) < 4.78 is 6.07. The molecule has 2 fully saturated rings. The topological polar surface area (TPSA) is 79.5 Å². The van der Waals surface area contributed by atoms with Crippen LogP contribution in [0.25, 0.3) is 11.0 Å². The molecular weight excluding hydrogens is 448 g/mol. The molecule has 3 aromatic rings. The second-order valence-corrected chi connectivity index (χ2v) is 9.97. The standard InChI is InChI=1S/C26H30N4O3S/c31-24(29-14-5-1-2-6-15-29)19-10-16-30(17-11-19)25(32)23-21(18-34-26-27-12-7-13-28-26)20-8-3-4-9-22(20)33-23/h3-4,7-9,12-13,19H,1-2,5-6,10-11,14-18H2. The van der Waals surface area contributed by atoms with E-state index in [9.17, 15) is 9.59 Å². The van der Waals surface area contributed by atoms with Gasteiger partial charge in [-0.25, -0.2) is 9.97 Å².